The molecule has 1 aliphatic heterocycles. The average Bonchev–Trinajstić information content (AvgIpc) is 3.48. The maximum absolute atomic E-state index is 12.8. The molecule has 1 saturated heterocycles. The number of hydrogen-bond donors (Lipinski definition) is 5. The van der Waals surface area contributed by atoms with Crippen molar-refractivity contribution in [3.05, 3.63) is 113 Å². The number of aromatic nitrogens is 1. The van der Waals surface area contributed by atoms with E-state index in [9.17, 15) is 14.7 Å². The smallest absolute Gasteiger partial charge is 0.255 e. The number of halogens is 1. The number of carbonyl (C=O) groups excluding carboxylic acids is 2. The summed E-state index contributed by atoms with van der Waals surface area (Å²) in [6.45, 7) is 1.62. The van der Waals surface area contributed by atoms with Crippen molar-refractivity contribution in [2.45, 2.75) is 18.9 Å². The van der Waals surface area contributed by atoms with E-state index >= 15 is 0 Å². The van der Waals surface area contributed by atoms with Crippen LogP contribution in [-0.2, 0) is 0 Å². The molecule has 0 bridgehead atoms. The van der Waals surface area contributed by atoms with Crippen molar-refractivity contribution in [1.29, 1.82) is 0 Å². The molecule has 2 amide bonds. The number of H-pyrrole nitrogens is 1. The zero-order valence-corrected chi connectivity index (χ0v) is 23.5. The first-order valence-corrected chi connectivity index (χ1v) is 14.2. The minimum absolute atomic E-state index is 0.190. The summed E-state index contributed by atoms with van der Waals surface area (Å²) < 4.78 is 0. The largest absolute Gasteiger partial charge is 0.393 e. The third kappa shape index (κ3) is 6.25. The molecule has 0 spiro atoms. The normalized spacial score (nSPS) is 13.6. The lowest BCUT2D eigenvalue weighted by Crippen LogP contribution is -2.35. The minimum Gasteiger partial charge on any atom is -0.393 e. The summed E-state index contributed by atoms with van der Waals surface area (Å²) in [5.74, 6) is -0.406. The molecule has 1 fully saturated rings. The summed E-state index contributed by atoms with van der Waals surface area (Å²) >= 11 is 6.52. The number of fused-ring (bicyclic) bond motifs is 1. The van der Waals surface area contributed by atoms with Gasteiger partial charge in [-0.05, 0) is 104 Å². The lowest BCUT2D eigenvalue weighted by Gasteiger charge is -2.31. The number of hydrogen-bond acceptors (Lipinski definition) is 5. The highest BCUT2D eigenvalue weighted by atomic mass is 35.5. The van der Waals surface area contributed by atoms with Gasteiger partial charge in [-0.3, -0.25) is 9.59 Å². The molecule has 1 aliphatic rings. The number of nitrogens with zero attached hydrogens (tertiary/aromatic N) is 1. The number of piperidine rings is 1. The Morgan fingerprint density at radius 2 is 1.40 bits per heavy atom. The van der Waals surface area contributed by atoms with Crippen LogP contribution in [0, 0.1) is 0 Å². The number of benzene rings is 4. The van der Waals surface area contributed by atoms with E-state index in [1.165, 1.54) is 0 Å². The molecule has 6 rings (SSSR count). The Hall–Kier alpha value is -4.79. The second-order valence-corrected chi connectivity index (χ2v) is 10.8. The predicted octanol–water partition coefficient (Wildman–Crippen LogP) is 7.03. The van der Waals surface area contributed by atoms with Gasteiger partial charge in [0.1, 0.15) is 0 Å². The van der Waals surface area contributed by atoms with Gasteiger partial charge in [0, 0.05) is 64.1 Å². The van der Waals surface area contributed by atoms with Crippen molar-refractivity contribution >= 4 is 62.8 Å². The second-order valence-electron chi connectivity index (χ2n) is 10.4. The molecule has 8 nitrogen and oxygen atoms in total. The number of anilines is 5. The Morgan fingerprint density at radius 3 is 2.14 bits per heavy atom. The Kier molecular flexibility index (Phi) is 7.81. The first-order valence-electron chi connectivity index (χ1n) is 13.8. The van der Waals surface area contributed by atoms with Crippen LogP contribution in [0.15, 0.2) is 97.2 Å². The molecule has 1 aromatic heterocycles. The molecule has 2 heterocycles. The summed E-state index contributed by atoms with van der Waals surface area (Å²) in [6.07, 6.45) is 3.14. The summed E-state index contributed by atoms with van der Waals surface area (Å²) in [7, 11) is 0. The predicted molar refractivity (Wildman–Crippen MR) is 169 cm³/mol. The first kappa shape index (κ1) is 27.4. The summed E-state index contributed by atoms with van der Waals surface area (Å²) in [6, 6.07) is 27.6. The van der Waals surface area contributed by atoms with Gasteiger partial charge in [-0.15, -0.1) is 0 Å². The van der Waals surface area contributed by atoms with E-state index in [4.69, 9.17) is 11.6 Å². The van der Waals surface area contributed by atoms with Gasteiger partial charge in [0.15, 0.2) is 0 Å². The number of rotatable bonds is 7. The van der Waals surface area contributed by atoms with Gasteiger partial charge >= 0.3 is 0 Å². The highest BCUT2D eigenvalue weighted by Crippen LogP contribution is 2.29. The highest BCUT2D eigenvalue weighted by Gasteiger charge is 2.17. The fourth-order valence-corrected chi connectivity index (χ4v) is 5.26. The number of aromatic amines is 1. The maximum Gasteiger partial charge on any atom is 0.255 e. The number of aliphatic hydroxyl groups is 1. The average molecular weight is 580 g/mol. The summed E-state index contributed by atoms with van der Waals surface area (Å²) in [4.78, 5) is 30.9. The molecule has 4 aromatic carbocycles. The topological polar surface area (TPSA) is 109 Å². The van der Waals surface area contributed by atoms with E-state index in [1.807, 2.05) is 72.9 Å². The minimum atomic E-state index is -0.220. The van der Waals surface area contributed by atoms with Crippen LogP contribution >= 0.6 is 11.6 Å². The van der Waals surface area contributed by atoms with E-state index in [2.05, 4.69) is 25.8 Å². The Bertz CT molecular complexity index is 1730. The molecule has 42 heavy (non-hydrogen) atoms. The van der Waals surface area contributed by atoms with Gasteiger partial charge < -0.3 is 30.9 Å². The molecule has 212 valence electrons. The lowest BCUT2D eigenvalue weighted by molar-refractivity contribution is 0.101. The van der Waals surface area contributed by atoms with Crippen LogP contribution in [0.2, 0.25) is 5.02 Å². The fraction of sp³-hybridized carbons (Fsp3) is 0.152. The van der Waals surface area contributed by atoms with Crippen molar-refractivity contribution in [2.24, 2.45) is 0 Å². The molecule has 9 heteroatoms. The van der Waals surface area contributed by atoms with Crippen molar-refractivity contribution in [2.75, 3.05) is 33.9 Å². The summed E-state index contributed by atoms with van der Waals surface area (Å²) in [5, 5.41) is 20.2. The van der Waals surface area contributed by atoms with Crippen LogP contribution < -0.4 is 20.9 Å². The van der Waals surface area contributed by atoms with Crippen LogP contribution in [-0.4, -0.2) is 41.1 Å². The van der Waals surface area contributed by atoms with Crippen LogP contribution in [0.5, 0.6) is 0 Å². The lowest BCUT2D eigenvalue weighted by atomic mass is 10.1. The monoisotopic (exact) mass is 579 g/mol. The van der Waals surface area contributed by atoms with Crippen LogP contribution in [0.25, 0.3) is 10.9 Å². The van der Waals surface area contributed by atoms with Gasteiger partial charge in [0.2, 0.25) is 0 Å². The van der Waals surface area contributed by atoms with Crippen LogP contribution in [0.3, 0.4) is 0 Å². The number of carbonyl (C=O) groups is 2. The second kappa shape index (κ2) is 12.0. The van der Waals surface area contributed by atoms with Crippen molar-refractivity contribution in [3.8, 4) is 0 Å². The van der Waals surface area contributed by atoms with Gasteiger partial charge in [0.05, 0.1) is 16.8 Å². The van der Waals surface area contributed by atoms with E-state index < -0.39 is 0 Å². The molecule has 5 N–H and O–H groups in total. The van der Waals surface area contributed by atoms with Crippen LogP contribution in [0.4, 0.5) is 28.4 Å². The quantitative estimate of drug-likeness (QED) is 0.142. The molecule has 0 saturated carbocycles. The van der Waals surface area contributed by atoms with Crippen LogP contribution in [0.1, 0.15) is 33.6 Å². The zero-order chi connectivity index (χ0) is 29.1. The van der Waals surface area contributed by atoms with Crippen molar-refractivity contribution in [3.63, 3.8) is 0 Å². The standard InChI is InChI=1S/C33H30ClN5O3/c34-29-20-26(38-33(42)23-3-11-30-22(19-23)13-16-35-30)8-12-31(29)36-24-4-6-25(7-5-24)37-32(41)21-1-9-27(10-2-21)39-17-14-28(40)15-18-39/h1-13,16,19-20,28,35-36,40H,14-15,17-18H2,(H,37,41)(H,38,42). The zero-order valence-electron chi connectivity index (χ0n) is 22.7. The molecule has 5 aromatic rings. The fourth-order valence-electron chi connectivity index (χ4n) is 5.04. The Balaban J connectivity index is 1.04. The third-order valence-corrected chi connectivity index (χ3v) is 7.74. The maximum atomic E-state index is 12.8. The molecular weight excluding hydrogens is 550 g/mol. The van der Waals surface area contributed by atoms with Gasteiger partial charge in [-0.1, -0.05) is 11.6 Å². The number of aliphatic hydroxyl groups excluding tert-OH is 1. The SMILES string of the molecule is O=C(Nc1ccc(Nc2ccc(NC(=O)c3ccc4[nH]ccc4c3)cc2Cl)cc1)c1ccc(N2CCC(O)CC2)cc1. The molecule has 0 aliphatic carbocycles. The molecule has 0 atom stereocenters. The van der Waals surface area contributed by atoms with E-state index in [0.29, 0.717) is 33.2 Å². The third-order valence-electron chi connectivity index (χ3n) is 7.42. The van der Waals surface area contributed by atoms with E-state index in [1.54, 1.807) is 24.3 Å². The van der Waals surface area contributed by atoms with Crippen molar-refractivity contribution in [1.82, 2.24) is 4.98 Å². The number of nitrogens with one attached hydrogen (secondary N) is 4. The summed E-state index contributed by atoms with van der Waals surface area (Å²) in [5.41, 5.74) is 5.89. The van der Waals surface area contributed by atoms with E-state index in [0.717, 1.165) is 48.2 Å². The molecule has 0 unspecified atom stereocenters. The van der Waals surface area contributed by atoms with E-state index in [-0.39, 0.29) is 17.9 Å². The molecular formula is C33H30ClN5O3. The Labute approximate surface area is 248 Å². The van der Waals surface area contributed by atoms with Gasteiger partial charge in [-0.2, -0.15) is 0 Å². The number of amides is 2. The first-order chi connectivity index (χ1) is 20.4. The molecule has 0 radical (unpaired) electrons. The van der Waals surface area contributed by atoms with Gasteiger partial charge in [0.25, 0.3) is 11.8 Å². The highest BCUT2D eigenvalue weighted by molar-refractivity contribution is 6.33. The van der Waals surface area contributed by atoms with Crippen molar-refractivity contribution < 1.29 is 14.7 Å². The van der Waals surface area contributed by atoms with Gasteiger partial charge in [-0.25, -0.2) is 0 Å². The Morgan fingerprint density at radius 1 is 0.762 bits per heavy atom.